The zero-order valence-electron chi connectivity index (χ0n) is 12.3. The summed E-state index contributed by atoms with van der Waals surface area (Å²) in [5.74, 6) is -1.37. The average Bonchev–Trinajstić information content (AvgIpc) is 2.83. The summed E-state index contributed by atoms with van der Waals surface area (Å²) < 4.78 is 2.37. The molecule has 0 saturated heterocycles. The van der Waals surface area contributed by atoms with E-state index in [0.29, 0.717) is 11.4 Å². The fraction of sp³-hybridized carbons (Fsp3) is 0.0588. The third-order valence-electron chi connectivity index (χ3n) is 3.53. The largest absolute Gasteiger partial charge is 0.493 e. The van der Waals surface area contributed by atoms with E-state index in [2.05, 4.69) is 0 Å². The van der Waals surface area contributed by atoms with E-state index >= 15 is 0 Å². The second kappa shape index (κ2) is 5.49. The number of hydrogen-bond acceptors (Lipinski definition) is 3. The maximum atomic E-state index is 12.6. The molecule has 0 amide bonds. The van der Waals surface area contributed by atoms with Gasteiger partial charge < -0.3 is 10.2 Å². The molecule has 23 heavy (non-hydrogen) atoms. The van der Waals surface area contributed by atoms with Gasteiger partial charge >= 0.3 is 11.7 Å². The van der Waals surface area contributed by atoms with Gasteiger partial charge in [0.05, 0.1) is 23.1 Å². The summed E-state index contributed by atoms with van der Waals surface area (Å²) >= 11 is 0. The van der Waals surface area contributed by atoms with E-state index in [1.807, 2.05) is 19.1 Å². The number of benzene rings is 2. The first-order valence-corrected chi connectivity index (χ1v) is 6.91. The van der Waals surface area contributed by atoms with Crippen LogP contribution in [0.3, 0.4) is 0 Å². The summed E-state index contributed by atoms with van der Waals surface area (Å²) in [6.07, 6.45) is 1.31. The molecule has 2 aromatic carbocycles. The Labute approximate surface area is 131 Å². The fourth-order valence-corrected chi connectivity index (χ4v) is 2.35. The van der Waals surface area contributed by atoms with Crippen LogP contribution in [0.15, 0.2) is 59.5 Å². The highest BCUT2D eigenvalue weighted by molar-refractivity contribution is 5.88. The van der Waals surface area contributed by atoms with Gasteiger partial charge in [-0.25, -0.2) is 14.2 Å². The van der Waals surface area contributed by atoms with E-state index in [-0.39, 0.29) is 11.4 Å². The number of aryl methyl sites for hydroxylation is 1. The van der Waals surface area contributed by atoms with Crippen molar-refractivity contribution in [3.8, 4) is 17.3 Å². The predicted molar refractivity (Wildman–Crippen MR) is 84.7 cm³/mol. The number of carboxylic acid groups (broad SMARTS) is 1. The van der Waals surface area contributed by atoms with Crippen LogP contribution in [0.25, 0.3) is 11.4 Å². The molecule has 0 unspecified atom stereocenters. The first kappa shape index (κ1) is 14.6. The lowest BCUT2D eigenvalue weighted by Crippen LogP contribution is -2.22. The predicted octanol–water partition coefficient (Wildman–Crippen LogP) is 2.34. The van der Waals surface area contributed by atoms with Crippen molar-refractivity contribution in [3.63, 3.8) is 0 Å². The minimum absolute atomic E-state index is 0.0388. The third kappa shape index (κ3) is 2.62. The second-order valence-electron chi connectivity index (χ2n) is 5.17. The maximum absolute atomic E-state index is 12.6. The van der Waals surface area contributed by atoms with Crippen molar-refractivity contribution in [3.05, 3.63) is 76.3 Å². The zero-order chi connectivity index (χ0) is 16.6. The van der Waals surface area contributed by atoms with Gasteiger partial charge in [0.1, 0.15) is 0 Å². The van der Waals surface area contributed by atoms with E-state index < -0.39 is 11.7 Å². The molecule has 116 valence electrons. The lowest BCUT2D eigenvalue weighted by molar-refractivity contribution is 0.0697. The normalized spacial score (nSPS) is 10.7. The summed E-state index contributed by atoms with van der Waals surface area (Å²) in [7, 11) is 0. The van der Waals surface area contributed by atoms with Gasteiger partial charge in [-0.2, -0.15) is 0 Å². The smallest absolute Gasteiger partial charge is 0.340 e. The Kier molecular flexibility index (Phi) is 3.50. The Morgan fingerprint density at radius 2 is 1.74 bits per heavy atom. The van der Waals surface area contributed by atoms with Crippen LogP contribution in [0.2, 0.25) is 0 Å². The van der Waals surface area contributed by atoms with Crippen molar-refractivity contribution in [2.45, 2.75) is 6.92 Å². The first-order valence-electron chi connectivity index (χ1n) is 6.91. The molecule has 0 aliphatic carbocycles. The van der Waals surface area contributed by atoms with Crippen LogP contribution < -0.4 is 5.69 Å². The highest BCUT2D eigenvalue weighted by Crippen LogP contribution is 2.18. The van der Waals surface area contributed by atoms with Crippen LogP contribution in [0.1, 0.15) is 15.9 Å². The quantitative estimate of drug-likeness (QED) is 0.777. The molecule has 0 radical (unpaired) electrons. The summed E-state index contributed by atoms with van der Waals surface area (Å²) in [5.41, 5.74) is 1.52. The molecular weight excluding hydrogens is 296 g/mol. The summed E-state index contributed by atoms with van der Waals surface area (Å²) in [6.45, 7) is 1.94. The van der Waals surface area contributed by atoms with Gasteiger partial charge in [0, 0.05) is 0 Å². The van der Waals surface area contributed by atoms with Crippen LogP contribution in [0.5, 0.6) is 5.88 Å². The molecule has 0 saturated carbocycles. The van der Waals surface area contributed by atoms with Crippen LogP contribution in [0.4, 0.5) is 0 Å². The van der Waals surface area contributed by atoms with Crippen molar-refractivity contribution in [1.82, 2.24) is 9.13 Å². The number of nitrogens with zero attached hydrogens (tertiary/aromatic N) is 2. The number of rotatable bonds is 3. The van der Waals surface area contributed by atoms with Crippen LogP contribution in [0, 0.1) is 6.92 Å². The number of hydrogen-bond donors (Lipinski definition) is 2. The summed E-state index contributed by atoms with van der Waals surface area (Å²) in [6, 6.07) is 13.1. The number of carboxylic acids is 1. The highest BCUT2D eigenvalue weighted by Gasteiger charge is 2.14. The van der Waals surface area contributed by atoms with E-state index in [0.717, 1.165) is 10.1 Å². The molecule has 2 N–H and O–H groups in total. The summed E-state index contributed by atoms with van der Waals surface area (Å²) in [5, 5.41) is 19.2. The second-order valence-corrected chi connectivity index (χ2v) is 5.17. The van der Waals surface area contributed by atoms with Crippen LogP contribution in [-0.4, -0.2) is 25.3 Å². The molecule has 3 aromatic rings. The molecule has 1 aromatic heterocycles. The zero-order valence-corrected chi connectivity index (χ0v) is 12.3. The molecule has 0 fully saturated rings. The van der Waals surface area contributed by atoms with Crippen molar-refractivity contribution >= 4 is 5.97 Å². The van der Waals surface area contributed by atoms with Gasteiger partial charge in [0.25, 0.3) is 0 Å². The van der Waals surface area contributed by atoms with E-state index in [9.17, 15) is 14.7 Å². The Hall–Kier alpha value is -3.28. The molecule has 1 heterocycles. The molecule has 0 aliphatic rings. The van der Waals surface area contributed by atoms with Crippen LogP contribution in [-0.2, 0) is 0 Å². The van der Waals surface area contributed by atoms with Crippen molar-refractivity contribution in [2.75, 3.05) is 0 Å². The minimum Gasteiger partial charge on any atom is -0.493 e. The number of aromatic carboxylic acids is 1. The molecule has 6 heteroatoms. The highest BCUT2D eigenvalue weighted by atomic mass is 16.4. The average molecular weight is 310 g/mol. The van der Waals surface area contributed by atoms with Gasteiger partial charge in [-0.1, -0.05) is 23.8 Å². The Balaban J connectivity index is 2.15. The summed E-state index contributed by atoms with van der Waals surface area (Å²) in [4.78, 5) is 23.6. The number of imidazole rings is 1. The van der Waals surface area contributed by atoms with E-state index in [1.54, 1.807) is 18.2 Å². The SMILES string of the molecule is Cc1ccc(-n2cc(O)n(-c3cccc(C(=O)O)c3)c2=O)cc1. The van der Waals surface area contributed by atoms with Crippen LogP contribution >= 0.6 is 0 Å². The molecule has 6 nitrogen and oxygen atoms in total. The Morgan fingerprint density at radius 3 is 2.39 bits per heavy atom. The molecule has 0 atom stereocenters. The lowest BCUT2D eigenvalue weighted by atomic mass is 10.2. The van der Waals surface area contributed by atoms with Crippen molar-refractivity contribution in [1.29, 1.82) is 0 Å². The number of carbonyl (C=O) groups is 1. The maximum Gasteiger partial charge on any atom is 0.340 e. The van der Waals surface area contributed by atoms with Gasteiger partial charge in [-0.15, -0.1) is 0 Å². The topological polar surface area (TPSA) is 84.5 Å². The molecule has 0 spiro atoms. The molecule has 0 bridgehead atoms. The Morgan fingerprint density at radius 1 is 1.04 bits per heavy atom. The van der Waals surface area contributed by atoms with E-state index in [1.165, 1.54) is 29.0 Å². The van der Waals surface area contributed by atoms with Crippen molar-refractivity contribution < 1.29 is 15.0 Å². The number of aromatic hydroxyl groups is 1. The Bertz CT molecular complexity index is 936. The van der Waals surface area contributed by atoms with Crippen molar-refractivity contribution in [2.24, 2.45) is 0 Å². The van der Waals surface area contributed by atoms with E-state index in [4.69, 9.17) is 5.11 Å². The fourth-order valence-electron chi connectivity index (χ4n) is 2.35. The third-order valence-corrected chi connectivity index (χ3v) is 3.53. The minimum atomic E-state index is -1.10. The van der Waals surface area contributed by atoms with Gasteiger partial charge in [-0.3, -0.25) is 4.57 Å². The first-order chi connectivity index (χ1) is 11.0. The van der Waals surface area contributed by atoms with Gasteiger partial charge in [0.15, 0.2) is 0 Å². The standard InChI is InChI=1S/C17H14N2O4/c1-11-5-7-13(8-6-11)18-10-15(20)19(17(18)23)14-4-2-3-12(9-14)16(21)22/h2-10,20H,1H3,(H,21,22). The van der Waals surface area contributed by atoms with Gasteiger partial charge in [-0.05, 0) is 37.3 Å². The monoisotopic (exact) mass is 310 g/mol. The molecular formula is C17H14N2O4. The lowest BCUT2D eigenvalue weighted by Gasteiger charge is -2.04. The number of aromatic nitrogens is 2. The molecule has 0 aliphatic heterocycles. The van der Waals surface area contributed by atoms with Gasteiger partial charge in [0.2, 0.25) is 5.88 Å². The molecule has 3 rings (SSSR count).